The molecule has 4 aliphatic heterocycles. The Kier molecular flexibility index (Phi) is 22.5. The Hall–Kier alpha value is -3.41. The van der Waals surface area contributed by atoms with Gasteiger partial charge in [-0.3, -0.25) is 19.5 Å². The third kappa shape index (κ3) is 15.4. The number of aromatic nitrogens is 2. The number of nitrogens with one attached hydrogen (secondary N) is 2. The lowest BCUT2D eigenvalue weighted by Gasteiger charge is -2.47. The number of ether oxygens (including phenoxy) is 2. The van der Waals surface area contributed by atoms with Crippen LogP contribution in [0.25, 0.3) is 0 Å². The summed E-state index contributed by atoms with van der Waals surface area (Å²) in [5.74, 6) is 3.00. The Morgan fingerprint density at radius 1 is 0.630 bits per heavy atom. The number of hydrogen-bond donors (Lipinski definition) is 2. The fraction of sp³-hybridized carbons (Fsp3) is 0.540. The summed E-state index contributed by atoms with van der Waals surface area (Å²) in [6.45, 7) is 14.5. The summed E-state index contributed by atoms with van der Waals surface area (Å²) in [6.07, 6.45) is 9.87. The molecule has 23 heteroatoms. The number of likely N-dealkylation sites (tertiary alicyclic amines) is 2. The van der Waals surface area contributed by atoms with E-state index in [4.69, 9.17) is 64.5 Å². The van der Waals surface area contributed by atoms with Gasteiger partial charge in [0.2, 0.25) is 0 Å². The normalized spacial score (nSPS) is 19.6. The Balaban J connectivity index is 0.000000214. The highest BCUT2D eigenvalue weighted by Crippen LogP contribution is 2.35. The zero-order valence-corrected chi connectivity index (χ0v) is 47.0. The van der Waals surface area contributed by atoms with E-state index in [0.717, 1.165) is 151 Å². The lowest BCUT2D eigenvalue weighted by molar-refractivity contribution is -0.159. The zero-order valence-electron chi connectivity index (χ0n) is 42.4. The quantitative estimate of drug-likeness (QED) is 0.0302. The first-order valence-corrected chi connectivity index (χ1v) is 27.7. The molecule has 0 bridgehead atoms. The van der Waals surface area contributed by atoms with Gasteiger partial charge >= 0.3 is 0 Å². The maximum absolute atomic E-state index is 13.2. The summed E-state index contributed by atoms with van der Waals surface area (Å²) < 4.78 is 26.4. The summed E-state index contributed by atoms with van der Waals surface area (Å²) in [7, 11) is 6.16. The van der Waals surface area contributed by atoms with Gasteiger partial charge in [-0.2, -0.15) is 0 Å². The van der Waals surface area contributed by atoms with Crippen LogP contribution in [0.5, 0.6) is 11.5 Å². The molecule has 4 aromatic rings. The van der Waals surface area contributed by atoms with Gasteiger partial charge in [0, 0.05) is 98.7 Å². The predicted molar refractivity (Wildman–Crippen MR) is 296 cm³/mol. The highest BCUT2D eigenvalue weighted by atomic mass is 35.5. The summed E-state index contributed by atoms with van der Waals surface area (Å²) in [5, 5.41) is 2.48. The van der Waals surface area contributed by atoms with Gasteiger partial charge in [0.15, 0.2) is 0 Å². The van der Waals surface area contributed by atoms with Crippen LogP contribution in [0.4, 0.5) is 23.0 Å². The molecule has 0 spiro atoms. The fourth-order valence-electron chi connectivity index (χ4n) is 10.4. The van der Waals surface area contributed by atoms with Crippen molar-refractivity contribution in [2.75, 3.05) is 113 Å². The summed E-state index contributed by atoms with van der Waals surface area (Å²) >= 11 is 27.3. The van der Waals surface area contributed by atoms with Crippen molar-refractivity contribution in [2.24, 2.45) is 0 Å². The maximum atomic E-state index is 13.2. The van der Waals surface area contributed by atoms with Crippen LogP contribution in [0.1, 0.15) is 68.3 Å². The van der Waals surface area contributed by atoms with Crippen LogP contribution in [-0.4, -0.2) is 154 Å². The minimum Gasteiger partial charge on any atom is -0.496 e. The van der Waals surface area contributed by atoms with E-state index in [1.54, 1.807) is 44.8 Å². The lowest BCUT2D eigenvalue weighted by atomic mass is 9.97. The topological polar surface area (TPSA) is 142 Å². The van der Waals surface area contributed by atoms with Crippen molar-refractivity contribution in [3.8, 4) is 11.5 Å². The number of methoxy groups -OCH3 is 2. The van der Waals surface area contributed by atoms with Gasteiger partial charge in [0.1, 0.15) is 47.6 Å². The minimum atomic E-state index is -0.00494. The Morgan fingerprint density at radius 2 is 1.11 bits per heavy atom. The minimum absolute atomic E-state index is 0.00494. The summed E-state index contributed by atoms with van der Waals surface area (Å²) in [6, 6.07) is 16.7. The number of carbonyl (C=O) groups excluding carboxylic acids is 1. The molecule has 2 N–H and O–H groups in total. The summed E-state index contributed by atoms with van der Waals surface area (Å²) in [5.41, 5.74) is 3.25. The SMILES string of the molecule is CC[C@H]1CN(c2ncc(NSOOC)cc2Cl)CCN1C1CCN(C(=O)c2ccc(Cl)cc2OC)CC1.CC[C@H]1CN(c2ncc(NSOOC)cc2Cl)CCN1C1CCN(Cc2ccc(Cl)cc2OC)CC1. The van der Waals surface area contributed by atoms with E-state index in [1.165, 1.54) is 32.6 Å². The molecule has 0 saturated carbocycles. The number of piperazine rings is 2. The standard InChI is InChI=1S/C25H33Cl2N5O4S.C25H35Cl2N5O3S/c1-4-19-16-31(24-22(27)14-18(15-28-24)29-37-36-35-3)11-12-32(19)20-7-9-30(10-8-20)25(33)21-6-5-17(26)13-23(21)34-2;1-4-21-17-31(25-23(27)14-20(15-28-25)29-36-35-34-3)11-12-32(21)22-7-9-30(10-8-22)16-18-5-6-19(26)13-24(18)33-2/h5-6,13-15,19-20,29H,4,7-12,16H2,1-3H3;5-6,13-15,21-22,29H,4,7-12,16-17H2,1-3H3/t19-;21-/m00/s1. The lowest BCUT2D eigenvalue weighted by Crippen LogP contribution is -2.58. The van der Waals surface area contributed by atoms with Crippen molar-refractivity contribution in [3.05, 3.63) is 92.1 Å². The van der Waals surface area contributed by atoms with Crippen LogP contribution >= 0.6 is 70.9 Å². The number of piperidine rings is 2. The van der Waals surface area contributed by atoms with Gasteiger partial charge in [-0.15, -0.1) is 8.67 Å². The first kappa shape index (κ1) is 57.3. The van der Waals surface area contributed by atoms with Crippen LogP contribution in [-0.2, 0) is 25.0 Å². The molecule has 400 valence electrons. The van der Waals surface area contributed by atoms with Crippen LogP contribution < -0.4 is 28.7 Å². The van der Waals surface area contributed by atoms with Crippen molar-refractivity contribution < 1.29 is 32.7 Å². The third-order valence-corrected chi connectivity index (χ3v) is 16.1. The molecule has 8 rings (SSSR count). The molecule has 2 atom stereocenters. The van der Waals surface area contributed by atoms with Crippen molar-refractivity contribution >= 4 is 99.8 Å². The second kappa shape index (κ2) is 28.6. The third-order valence-electron chi connectivity index (χ3n) is 14.0. The van der Waals surface area contributed by atoms with Crippen LogP contribution in [0.3, 0.4) is 0 Å². The van der Waals surface area contributed by atoms with E-state index >= 15 is 0 Å². The van der Waals surface area contributed by atoms with Gasteiger partial charge in [0.25, 0.3) is 5.91 Å². The van der Waals surface area contributed by atoms with Gasteiger partial charge in [-0.05, 0) is 94.1 Å². The number of benzene rings is 2. The van der Waals surface area contributed by atoms with Crippen LogP contribution in [0, 0.1) is 0 Å². The average molecular weight is 1130 g/mol. The maximum Gasteiger partial charge on any atom is 0.257 e. The molecule has 0 aliphatic carbocycles. The van der Waals surface area contributed by atoms with Crippen molar-refractivity contribution in [1.29, 1.82) is 0 Å². The van der Waals surface area contributed by atoms with Gasteiger partial charge in [-0.25, -0.2) is 19.7 Å². The molecule has 0 unspecified atom stereocenters. The van der Waals surface area contributed by atoms with E-state index in [2.05, 4.69) is 73.6 Å². The Morgan fingerprint density at radius 3 is 1.58 bits per heavy atom. The zero-order chi connectivity index (χ0) is 51.9. The first-order chi connectivity index (χ1) is 35.5. The van der Waals surface area contributed by atoms with E-state index in [9.17, 15) is 4.79 Å². The van der Waals surface area contributed by atoms with Crippen LogP contribution in [0.15, 0.2) is 60.9 Å². The molecule has 17 nitrogen and oxygen atoms in total. The van der Waals surface area contributed by atoms with Crippen molar-refractivity contribution in [3.63, 3.8) is 0 Å². The highest BCUT2D eigenvalue weighted by molar-refractivity contribution is 7.96. The number of anilines is 4. The molecule has 4 saturated heterocycles. The second-order valence-electron chi connectivity index (χ2n) is 18.2. The molecular formula is C50H68Cl4N10O7S2. The Labute approximate surface area is 459 Å². The number of pyridine rings is 2. The number of halogens is 4. The fourth-order valence-corrected chi connectivity index (χ4v) is 11.9. The molecule has 73 heavy (non-hydrogen) atoms. The van der Waals surface area contributed by atoms with Gasteiger partial charge < -0.3 is 33.6 Å². The monoisotopic (exact) mass is 1120 g/mol. The number of rotatable bonds is 19. The first-order valence-electron chi connectivity index (χ1n) is 24.7. The van der Waals surface area contributed by atoms with E-state index in [1.807, 2.05) is 29.2 Å². The largest absolute Gasteiger partial charge is 0.496 e. The van der Waals surface area contributed by atoms with Gasteiger partial charge in [-0.1, -0.05) is 66.3 Å². The molecule has 6 heterocycles. The Bertz CT molecular complexity index is 2390. The smallest absolute Gasteiger partial charge is 0.257 e. The number of carbonyl (C=O) groups is 1. The van der Waals surface area contributed by atoms with Crippen LogP contribution in [0.2, 0.25) is 20.1 Å². The van der Waals surface area contributed by atoms with E-state index in [0.29, 0.717) is 55.6 Å². The predicted octanol–water partition coefficient (Wildman–Crippen LogP) is 10.7. The molecule has 0 radical (unpaired) electrons. The van der Waals surface area contributed by atoms with Gasteiger partial charge in [0.05, 0.1) is 67.8 Å². The molecule has 2 aromatic carbocycles. The number of amides is 1. The molecule has 1 amide bonds. The molecular weight excluding hydrogens is 1060 g/mol. The number of nitrogens with zero attached hydrogens (tertiary/aromatic N) is 8. The number of hydrogen-bond acceptors (Lipinski definition) is 18. The van der Waals surface area contributed by atoms with Crippen molar-refractivity contribution in [1.82, 2.24) is 29.6 Å². The second-order valence-corrected chi connectivity index (χ2v) is 20.9. The molecule has 2 aromatic heterocycles. The highest BCUT2D eigenvalue weighted by Gasteiger charge is 2.36. The van der Waals surface area contributed by atoms with E-state index < -0.39 is 0 Å². The van der Waals surface area contributed by atoms with E-state index in [-0.39, 0.29) is 5.91 Å². The molecule has 4 aliphatic rings. The average Bonchev–Trinajstić information content (AvgIpc) is 3.41. The van der Waals surface area contributed by atoms with Crippen molar-refractivity contribution in [2.45, 2.75) is 83.1 Å². The molecule has 4 fully saturated rings. The summed E-state index contributed by atoms with van der Waals surface area (Å²) in [4.78, 5) is 45.9.